The van der Waals surface area contributed by atoms with E-state index in [2.05, 4.69) is 12.8 Å². The van der Waals surface area contributed by atoms with Crippen molar-refractivity contribution >= 4 is 12.8 Å². The lowest BCUT2D eigenvalue weighted by Gasteiger charge is -1.79. The molecule has 0 aromatic rings. The van der Waals surface area contributed by atoms with Gasteiger partial charge in [0.25, 0.3) is 0 Å². The summed E-state index contributed by atoms with van der Waals surface area (Å²) in [6.07, 6.45) is 0. The minimum Gasteiger partial charge on any atom is -0.276 e. The molecule has 26 valence electrons. The fourth-order valence-electron chi connectivity index (χ4n) is 0. The zero-order chi connectivity index (χ0) is 3.58. The van der Waals surface area contributed by atoms with Crippen LogP contribution in [0.3, 0.4) is 0 Å². The summed E-state index contributed by atoms with van der Waals surface area (Å²) in [6, 6.07) is 0. The van der Waals surface area contributed by atoms with Gasteiger partial charge in [-0.25, -0.2) is 0 Å². The maximum atomic E-state index is 10.3. The van der Waals surface area contributed by atoms with Gasteiger partial charge in [-0.05, 0) is 12.8 Å². The molecule has 0 aromatic carbocycles. The molecule has 0 rings (SSSR count). The van der Waals surface area contributed by atoms with E-state index in [-0.39, 0.29) is 0 Å². The van der Waals surface area contributed by atoms with Gasteiger partial charge in [0.05, 0.1) is 0 Å². The Balaban J connectivity index is 2.32. The molecule has 0 spiro atoms. The Morgan fingerprint density at radius 3 is 2.00 bits per heavy atom. The Morgan fingerprint density at radius 1 is 2.00 bits per heavy atom. The monoisotopic (exact) mass is 83.0 g/mol. The number of halogens is 1. The highest BCUT2D eigenvalue weighted by Gasteiger charge is 1.69. The first kappa shape index (κ1) is 4.20. The Labute approximate surface area is 28.3 Å². The van der Waals surface area contributed by atoms with E-state index in [4.69, 9.17) is 5.21 Å². The molecule has 0 atom stereocenters. The van der Waals surface area contributed by atoms with Gasteiger partial charge in [-0.2, -0.15) is 0 Å². The van der Waals surface area contributed by atoms with Crippen LogP contribution >= 0.6 is 12.8 Å². The number of nitrogens with zero attached hydrogens (tertiary/aromatic N) is 1. The molecule has 0 bridgehead atoms. The predicted octanol–water partition coefficient (Wildman–Crippen LogP) is 0.407. The maximum Gasteiger partial charge on any atom is 0.0345 e. The normalized spacial score (nSPS) is 9.00. The average molecular weight is 83.1 g/mol. The fraction of sp³-hybridized carbons (Fsp3) is 0. The van der Waals surface area contributed by atoms with Crippen molar-refractivity contribution in [3.63, 3.8) is 0 Å². The van der Waals surface area contributed by atoms with Crippen LogP contribution in [0.5, 0.6) is 0 Å². The number of hydrogen-bond acceptors (Lipinski definition) is 3. The van der Waals surface area contributed by atoms with Crippen molar-refractivity contribution in [2.24, 2.45) is 0 Å². The molecule has 2 nitrogen and oxygen atoms in total. The molecule has 4 heavy (non-hydrogen) atoms. The summed E-state index contributed by atoms with van der Waals surface area (Å²) in [4.78, 5) is 0. The van der Waals surface area contributed by atoms with Crippen LogP contribution in [-0.4, -0.2) is 9.90 Å². The van der Waals surface area contributed by atoms with Gasteiger partial charge in [-0.1, -0.05) is 4.48 Å². The lowest BCUT2D eigenvalue weighted by Crippen LogP contribution is -1.82. The molecule has 0 unspecified atom stereocenters. The minimum absolute atomic E-state index is 0.806. The predicted molar refractivity (Wildman–Crippen MR) is 13.7 cm³/mol. The molecule has 0 amide bonds. The molecular formula is H2FNOS. The van der Waals surface area contributed by atoms with Gasteiger partial charge in [0.2, 0.25) is 0 Å². The van der Waals surface area contributed by atoms with Crippen molar-refractivity contribution in [3.05, 3.63) is 0 Å². The summed E-state index contributed by atoms with van der Waals surface area (Å²) in [5.41, 5.74) is 0. The molecule has 0 aliphatic carbocycles. The van der Waals surface area contributed by atoms with Crippen LogP contribution in [0.1, 0.15) is 0 Å². The van der Waals surface area contributed by atoms with E-state index in [1.54, 1.807) is 0 Å². The second-order valence-electron chi connectivity index (χ2n) is 0.241. The van der Waals surface area contributed by atoms with Crippen molar-refractivity contribution in [2.75, 3.05) is 0 Å². The van der Waals surface area contributed by atoms with Crippen LogP contribution < -0.4 is 0 Å². The summed E-state index contributed by atoms with van der Waals surface area (Å²) in [5.74, 6) is 0. The lowest BCUT2D eigenvalue weighted by atomic mass is 13.4. The quantitative estimate of drug-likeness (QED) is 0.252. The van der Waals surface area contributed by atoms with Crippen molar-refractivity contribution in [1.82, 2.24) is 4.69 Å². The van der Waals surface area contributed by atoms with E-state index in [1.807, 2.05) is 0 Å². The Kier molecular flexibility index (Phi) is 1.59. The molecule has 0 fully saturated rings. The average Bonchev–Trinajstić information content (AvgIpc) is 0.811. The Hall–Kier alpha value is 0.200. The van der Waals surface area contributed by atoms with Crippen molar-refractivity contribution < 1.29 is 9.69 Å². The number of hydrogen-bond donors (Lipinski definition) is 2. The third kappa shape index (κ3) is 79.2. The summed E-state index contributed by atoms with van der Waals surface area (Å²) in [6.45, 7) is 0. The van der Waals surface area contributed by atoms with Crippen LogP contribution in [0.25, 0.3) is 0 Å². The minimum atomic E-state index is -0.806. The van der Waals surface area contributed by atoms with Gasteiger partial charge in [0.1, 0.15) is 0 Å². The molecule has 0 heterocycles. The van der Waals surface area contributed by atoms with E-state index in [1.165, 1.54) is 0 Å². The summed E-state index contributed by atoms with van der Waals surface area (Å²) in [5, 5.41) is 7.09. The lowest BCUT2D eigenvalue weighted by molar-refractivity contribution is -0.135. The van der Waals surface area contributed by atoms with Gasteiger partial charge in [-0.3, -0.25) is 5.21 Å². The van der Waals surface area contributed by atoms with Crippen LogP contribution in [0.15, 0.2) is 0 Å². The topological polar surface area (TPSA) is 23.5 Å². The summed E-state index contributed by atoms with van der Waals surface area (Å²) >= 11 is 2.69. The van der Waals surface area contributed by atoms with Crippen LogP contribution in [0.4, 0.5) is 4.48 Å². The Morgan fingerprint density at radius 2 is 2.00 bits per heavy atom. The second kappa shape index (κ2) is 1.51. The van der Waals surface area contributed by atoms with Gasteiger partial charge in [0, 0.05) is 4.69 Å². The highest BCUT2D eigenvalue weighted by Crippen LogP contribution is 1.78. The molecular weight excluding hydrogens is 81.1 g/mol. The molecule has 0 saturated carbocycles. The van der Waals surface area contributed by atoms with Crippen molar-refractivity contribution in [2.45, 2.75) is 0 Å². The van der Waals surface area contributed by atoms with Crippen molar-refractivity contribution in [1.29, 1.82) is 0 Å². The standard InChI is InChI=1S/FH2NOS/c1-2(3)4/h3-4H. The van der Waals surface area contributed by atoms with E-state index >= 15 is 0 Å². The molecule has 0 saturated heterocycles. The highest BCUT2D eigenvalue weighted by molar-refractivity contribution is 7.77. The SMILES string of the molecule is ON(F)S. The van der Waals surface area contributed by atoms with E-state index in [0.29, 0.717) is 0 Å². The first-order valence-electron chi connectivity index (χ1n) is 0.569. The van der Waals surface area contributed by atoms with E-state index in [0.717, 1.165) is 0 Å². The van der Waals surface area contributed by atoms with Gasteiger partial charge < -0.3 is 0 Å². The number of rotatable bonds is 0. The third-order valence-corrected chi connectivity index (χ3v) is 0. The zero-order valence-corrected chi connectivity index (χ0v) is 2.61. The molecule has 0 radical (unpaired) electrons. The second-order valence-corrected chi connectivity index (χ2v) is 0.571. The largest absolute Gasteiger partial charge is 0.276 e. The smallest absolute Gasteiger partial charge is 0.0345 e. The molecule has 0 aliphatic heterocycles. The number of thiol groups is 1. The van der Waals surface area contributed by atoms with Crippen LogP contribution in [-0.2, 0) is 0 Å². The van der Waals surface area contributed by atoms with E-state index in [9.17, 15) is 4.48 Å². The zero-order valence-electron chi connectivity index (χ0n) is 1.72. The van der Waals surface area contributed by atoms with Crippen LogP contribution in [0, 0.1) is 0 Å². The first-order chi connectivity index (χ1) is 1.73. The molecule has 0 aromatic heterocycles. The van der Waals surface area contributed by atoms with Gasteiger partial charge in [0.15, 0.2) is 0 Å². The Bertz CT molecular complexity index is 12.8. The van der Waals surface area contributed by atoms with Gasteiger partial charge in [-0.15, -0.1) is 0 Å². The summed E-state index contributed by atoms with van der Waals surface area (Å²) in [7, 11) is 0. The molecule has 4 heteroatoms. The molecule has 1 N–H and O–H groups in total. The highest BCUT2D eigenvalue weighted by atomic mass is 32.1. The fourth-order valence-corrected chi connectivity index (χ4v) is 0. The van der Waals surface area contributed by atoms with Gasteiger partial charge >= 0.3 is 0 Å². The van der Waals surface area contributed by atoms with Crippen molar-refractivity contribution in [3.8, 4) is 0 Å². The van der Waals surface area contributed by atoms with Crippen LogP contribution in [0.2, 0.25) is 0 Å². The third-order valence-electron chi connectivity index (χ3n) is 0. The summed E-state index contributed by atoms with van der Waals surface area (Å²) < 4.78 is 9.45. The van der Waals surface area contributed by atoms with E-state index < -0.39 is 4.69 Å². The first-order valence-corrected chi connectivity index (χ1v) is 0.969. The molecule has 0 aliphatic rings. The maximum absolute atomic E-state index is 10.3.